The van der Waals surface area contributed by atoms with Crippen LogP contribution in [0.2, 0.25) is 0 Å². The van der Waals surface area contributed by atoms with Crippen LogP contribution in [0.15, 0.2) is 47.7 Å². The van der Waals surface area contributed by atoms with E-state index in [1.54, 1.807) is 7.05 Å². The third-order valence-corrected chi connectivity index (χ3v) is 3.46. The molecule has 124 valence electrons. The lowest BCUT2D eigenvalue weighted by Gasteiger charge is -2.18. The quantitative estimate of drug-likeness (QED) is 0.636. The SMILES string of the molecule is CN=C(NCc1ccn(C)c1)NCC(C)Oc1cccc(C)c1. The molecule has 1 aromatic carbocycles. The summed E-state index contributed by atoms with van der Waals surface area (Å²) in [4.78, 5) is 4.24. The minimum Gasteiger partial charge on any atom is -0.489 e. The van der Waals surface area contributed by atoms with Gasteiger partial charge in [-0.1, -0.05) is 12.1 Å². The monoisotopic (exact) mass is 314 g/mol. The molecule has 2 aromatic rings. The summed E-state index contributed by atoms with van der Waals surface area (Å²) in [5, 5.41) is 6.59. The summed E-state index contributed by atoms with van der Waals surface area (Å²) in [6, 6.07) is 10.2. The van der Waals surface area contributed by atoms with Gasteiger partial charge in [-0.25, -0.2) is 0 Å². The first-order valence-corrected chi connectivity index (χ1v) is 7.85. The molecule has 2 rings (SSSR count). The van der Waals surface area contributed by atoms with Crippen LogP contribution in [-0.2, 0) is 13.6 Å². The molecule has 0 aliphatic rings. The Kier molecular flexibility index (Phi) is 6.09. The molecule has 0 radical (unpaired) electrons. The van der Waals surface area contributed by atoms with Gasteiger partial charge in [0.2, 0.25) is 0 Å². The number of rotatable bonds is 6. The number of aromatic nitrogens is 1. The summed E-state index contributed by atoms with van der Waals surface area (Å²) in [6.07, 6.45) is 4.17. The lowest BCUT2D eigenvalue weighted by atomic mass is 10.2. The molecule has 1 aromatic heterocycles. The van der Waals surface area contributed by atoms with Crippen molar-refractivity contribution in [2.45, 2.75) is 26.5 Å². The highest BCUT2D eigenvalue weighted by Crippen LogP contribution is 2.13. The van der Waals surface area contributed by atoms with Crippen molar-refractivity contribution in [3.8, 4) is 5.75 Å². The molecule has 0 amide bonds. The zero-order chi connectivity index (χ0) is 16.7. The largest absolute Gasteiger partial charge is 0.489 e. The third kappa shape index (κ3) is 5.70. The molecule has 1 atom stereocenters. The number of hydrogen-bond donors (Lipinski definition) is 2. The first kappa shape index (κ1) is 16.9. The predicted molar refractivity (Wildman–Crippen MR) is 94.9 cm³/mol. The van der Waals surface area contributed by atoms with E-state index in [1.807, 2.05) is 42.9 Å². The summed E-state index contributed by atoms with van der Waals surface area (Å²) in [6.45, 7) is 5.53. The molecule has 1 heterocycles. The van der Waals surface area contributed by atoms with E-state index in [0.29, 0.717) is 6.54 Å². The van der Waals surface area contributed by atoms with Crippen molar-refractivity contribution in [3.05, 3.63) is 53.9 Å². The van der Waals surface area contributed by atoms with Crippen LogP contribution in [0, 0.1) is 6.92 Å². The average molecular weight is 314 g/mol. The van der Waals surface area contributed by atoms with Crippen molar-refractivity contribution in [1.29, 1.82) is 0 Å². The van der Waals surface area contributed by atoms with Gasteiger partial charge < -0.3 is 19.9 Å². The maximum Gasteiger partial charge on any atom is 0.191 e. The lowest BCUT2D eigenvalue weighted by molar-refractivity contribution is 0.223. The first-order chi connectivity index (χ1) is 11.1. The van der Waals surface area contributed by atoms with Gasteiger partial charge in [-0.3, -0.25) is 4.99 Å². The summed E-state index contributed by atoms with van der Waals surface area (Å²) in [5.74, 6) is 1.67. The van der Waals surface area contributed by atoms with Crippen LogP contribution >= 0.6 is 0 Å². The smallest absolute Gasteiger partial charge is 0.191 e. The van der Waals surface area contributed by atoms with Crippen molar-refractivity contribution in [1.82, 2.24) is 15.2 Å². The van der Waals surface area contributed by atoms with E-state index in [-0.39, 0.29) is 6.10 Å². The van der Waals surface area contributed by atoms with E-state index in [2.05, 4.69) is 40.9 Å². The van der Waals surface area contributed by atoms with Crippen molar-refractivity contribution in [2.24, 2.45) is 12.0 Å². The Morgan fingerprint density at radius 2 is 2.13 bits per heavy atom. The third-order valence-electron chi connectivity index (χ3n) is 3.46. The van der Waals surface area contributed by atoms with E-state index in [0.717, 1.165) is 18.3 Å². The van der Waals surface area contributed by atoms with Gasteiger partial charge in [0.1, 0.15) is 11.9 Å². The van der Waals surface area contributed by atoms with Gasteiger partial charge in [-0.15, -0.1) is 0 Å². The van der Waals surface area contributed by atoms with Crippen LogP contribution in [0.1, 0.15) is 18.1 Å². The Bertz CT molecular complexity index is 648. The second kappa shape index (κ2) is 8.27. The summed E-state index contributed by atoms with van der Waals surface area (Å²) in [7, 11) is 3.79. The molecule has 0 bridgehead atoms. The molecule has 0 saturated carbocycles. The number of nitrogens with zero attached hydrogens (tertiary/aromatic N) is 2. The Morgan fingerprint density at radius 1 is 1.30 bits per heavy atom. The maximum atomic E-state index is 5.91. The van der Waals surface area contributed by atoms with Gasteiger partial charge in [0, 0.05) is 33.0 Å². The molecule has 0 aliphatic heterocycles. The van der Waals surface area contributed by atoms with Crippen molar-refractivity contribution in [2.75, 3.05) is 13.6 Å². The second-order valence-corrected chi connectivity index (χ2v) is 5.74. The van der Waals surface area contributed by atoms with Crippen LogP contribution in [0.3, 0.4) is 0 Å². The number of aryl methyl sites for hydroxylation is 2. The van der Waals surface area contributed by atoms with Crippen LogP contribution in [-0.4, -0.2) is 30.2 Å². The minimum absolute atomic E-state index is 0.0482. The Morgan fingerprint density at radius 3 is 2.78 bits per heavy atom. The second-order valence-electron chi connectivity index (χ2n) is 5.74. The highest BCUT2D eigenvalue weighted by atomic mass is 16.5. The molecule has 1 unspecified atom stereocenters. The number of hydrogen-bond acceptors (Lipinski definition) is 2. The molecular weight excluding hydrogens is 288 g/mol. The topological polar surface area (TPSA) is 50.6 Å². The maximum absolute atomic E-state index is 5.91. The lowest BCUT2D eigenvalue weighted by Crippen LogP contribution is -2.41. The van der Waals surface area contributed by atoms with E-state index < -0.39 is 0 Å². The van der Waals surface area contributed by atoms with Gasteiger partial charge in [0.25, 0.3) is 0 Å². The zero-order valence-corrected chi connectivity index (χ0v) is 14.3. The average Bonchev–Trinajstić information content (AvgIpc) is 2.93. The van der Waals surface area contributed by atoms with E-state index in [4.69, 9.17) is 4.74 Å². The molecule has 5 heteroatoms. The van der Waals surface area contributed by atoms with Gasteiger partial charge in [0.15, 0.2) is 5.96 Å². The number of guanidine groups is 1. The highest BCUT2D eigenvalue weighted by Gasteiger charge is 2.06. The molecule has 0 saturated heterocycles. The van der Waals surface area contributed by atoms with Crippen LogP contribution in [0.4, 0.5) is 0 Å². The highest BCUT2D eigenvalue weighted by molar-refractivity contribution is 5.79. The minimum atomic E-state index is 0.0482. The standard InChI is InChI=1S/C18H26N4O/c1-14-6-5-7-17(10-14)23-15(2)11-20-18(19-3)21-12-16-8-9-22(4)13-16/h5-10,13,15H,11-12H2,1-4H3,(H2,19,20,21). The van der Waals surface area contributed by atoms with Crippen molar-refractivity contribution < 1.29 is 4.74 Å². The Hall–Kier alpha value is -2.43. The molecule has 0 fully saturated rings. The predicted octanol–water partition coefficient (Wildman–Crippen LogP) is 2.47. The van der Waals surface area contributed by atoms with Gasteiger partial charge in [0.05, 0.1) is 6.54 Å². The van der Waals surface area contributed by atoms with Gasteiger partial charge >= 0.3 is 0 Å². The van der Waals surface area contributed by atoms with Crippen LogP contribution in [0.25, 0.3) is 0 Å². The molecule has 2 N–H and O–H groups in total. The van der Waals surface area contributed by atoms with E-state index in [1.165, 1.54) is 11.1 Å². The molecule has 0 aliphatic carbocycles. The van der Waals surface area contributed by atoms with E-state index >= 15 is 0 Å². The molecule has 5 nitrogen and oxygen atoms in total. The molecule has 0 spiro atoms. The fourth-order valence-corrected chi connectivity index (χ4v) is 2.27. The van der Waals surface area contributed by atoms with Crippen molar-refractivity contribution in [3.63, 3.8) is 0 Å². The fraction of sp³-hybridized carbons (Fsp3) is 0.389. The summed E-state index contributed by atoms with van der Waals surface area (Å²) >= 11 is 0. The zero-order valence-electron chi connectivity index (χ0n) is 14.3. The van der Waals surface area contributed by atoms with Gasteiger partial charge in [-0.05, 0) is 43.2 Å². The molecule has 23 heavy (non-hydrogen) atoms. The normalized spacial score (nSPS) is 12.8. The van der Waals surface area contributed by atoms with E-state index in [9.17, 15) is 0 Å². The molecular formula is C18H26N4O. The number of benzene rings is 1. The number of nitrogens with one attached hydrogen (secondary N) is 2. The Labute approximate surface area is 138 Å². The van der Waals surface area contributed by atoms with Crippen LogP contribution < -0.4 is 15.4 Å². The summed E-state index contributed by atoms with van der Waals surface area (Å²) in [5.41, 5.74) is 2.42. The summed E-state index contributed by atoms with van der Waals surface area (Å²) < 4.78 is 7.94. The van der Waals surface area contributed by atoms with Crippen molar-refractivity contribution >= 4 is 5.96 Å². The number of ether oxygens (including phenoxy) is 1. The number of aliphatic imine (C=N–C) groups is 1. The first-order valence-electron chi connectivity index (χ1n) is 7.85. The van der Waals surface area contributed by atoms with Crippen LogP contribution in [0.5, 0.6) is 5.75 Å². The fourth-order valence-electron chi connectivity index (χ4n) is 2.27. The van der Waals surface area contributed by atoms with Gasteiger partial charge in [-0.2, -0.15) is 0 Å². The Balaban J connectivity index is 1.76.